The summed E-state index contributed by atoms with van der Waals surface area (Å²) in [5.74, 6) is -1.46. The van der Waals surface area contributed by atoms with Crippen LogP contribution >= 0.6 is 11.8 Å². The van der Waals surface area contributed by atoms with Crippen LogP contribution < -0.4 is 20.3 Å². The topological polar surface area (TPSA) is 90.8 Å². The molecule has 1 heterocycles. The van der Waals surface area contributed by atoms with Crippen LogP contribution in [0.1, 0.15) is 5.56 Å². The molecule has 11 heteroatoms. The lowest BCUT2D eigenvalue weighted by Gasteiger charge is -2.19. The summed E-state index contributed by atoms with van der Waals surface area (Å²) >= 11 is 5.21. The Morgan fingerprint density at radius 3 is 2.76 bits per heavy atom. The first-order chi connectivity index (χ1) is 11.9. The molecule has 0 bridgehead atoms. The highest BCUT2D eigenvalue weighted by molar-refractivity contribution is 6.13. The molecule has 0 radical (unpaired) electrons. The summed E-state index contributed by atoms with van der Waals surface area (Å²) in [6.07, 6.45) is 0.343. The molecule has 0 aliphatic heterocycles. The summed E-state index contributed by atoms with van der Waals surface area (Å²) in [5, 5.41) is 15.6. The van der Waals surface area contributed by atoms with E-state index in [1.54, 1.807) is 0 Å². The van der Waals surface area contributed by atoms with Gasteiger partial charge in [0.2, 0.25) is 5.88 Å². The van der Waals surface area contributed by atoms with E-state index in [0.29, 0.717) is 0 Å². The molecule has 134 valence electrons. The first kappa shape index (κ1) is 18.6. The van der Waals surface area contributed by atoms with Crippen LogP contribution in [0.2, 0.25) is 0 Å². The van der Waals surface area contributed by atoms with Gasteiger partial charge >= 0.3 is 6.18 Å². The standard InChI is InChI=1S/C14H12ClF3N4O3/c1-24-13(23)9-7-8(4-5-11(9)20-22-21-15)25-12-10(14(16,17)18)3-2-6-19-12/h2-7,21-23H,1H3/p-1/b13-9-,20-11+. The molecule has 2 N–H and O–H groups in total. The Hall–Kier alpha value is -2.72. The minimum atomic E-state index is -4.64. The van der Waals surface area contributed by atoms with Gasteiger partial charge in [0, 0.05) is 11.8 Å². The SMILES string of the molecule is CO/C([O-])=C1/C=C(Oc2ncccc2C(F)(F)F)C=C/C1=N\NNCl. The van der Waals surface area contributed by atoms with E-state index < -0.39 is 23.6 Å². The Bertz CT molecular complexity index is 760. The minimum absolute atomic E-state index is 0.0519. The molecule has 1 aliphatic rings. The highest BCUT2D eigenvalue weighted by Gasteiger charge is 2.35. The van der Waals surface area contributed by atoms with Crippen LogP contribution in [0.4, 0.5) is 13.2 Å². The summed E-state index contributed by atoms with van der Waals surface area (Å²) in [6, 6.07) is 1.98. The van der Waals surface area contributed by atoms with Gasteiger partial charge in [-0.15, -0.1) is 4.94 Å². The normalized spacial score (nSPS) is 18.0. The zero-order chi connectivity index (χ0) is 18.4. The number of pyridine rings is 1. The maximum atomic E-state index is 13.0. The van der Waals surface area contributed by atoms with Crippen LogP contribution in [0.25, 0.3) is 0 Å². The molecule has 0 unspecified atom stereocenters. The second-order valence-electron chi connectivity index (χ2n) is 4.44. The van der Waals surface area contributed by atoms with E-state index in [0.717, 1.165) is 25.4 Å². The van der Waals surface area contributed by atoms with E-state index in [9.17, 15) is 18.3 Å². The second kappa shape index (κ2) is 7.90. The van der Waals surface area contributed by atoms with Gasteiger partial charge in [-0.05, 0) is 49.2 Å². The lowest BCUT2D eigenvalue weighted by atomic mass is 10.1. The molecule has 0 fully saturated rings. The number of hydrazone groups is 1. The largest absolute Gasteiger partial charge is 0.616 e. The van der Waals surface area contributed by atoms with E-state index in [2.05, 4.69) is 20.4 Å². The molecule has 1 aliphatic carbocycles. The number of methoxy groups -OCH3 is 1. The summed E-state index contributed by atoms with van der Waals surface area (Å²) in [4.78, 5) is 5.60. The Balaban J connectivity index is 2.37. The molecular weight excluding hydrogens is 365 g/mol. The van der Waals surface area contributed by atoms with Crippen LogP contribution in [0.5, 0.6) is 5.88 Å². The number of hydrazine groups is 1. The summed E-state index contributed by atoms with van der Waals surface area (Å²) in [6.45, 7) is 0. The molecule has 0 atom stereocenters. The fraction of sp³-hybridized carbons (Fsp3) is 0.143. The summed E-state index contributed by atoms with van der Waals surface area (Å²) < 4.78 is 48.7. The maximum absolute atomic E-state index is 13.0. The fourth-order valence-electron chi connectivity index (χ4n) is 1.83. The lowest BCUT2D eigenvalue weighted by molar-refractivity contribution is -0.354. The van der Waals surface area contributed by atoms with E-state index in [1.807, 2.05) is 4.94 Å². The monoisotopic (exact) mass is 375 g/mol. The number of aromatic nitrogens is 1. The van der Waals surface area contributed by atoms with Gasteiger partial charge in [0.1, 0.15) is 11.3 Å². The number of alkyl halides is 3. The molecule has 1 aromatic heterocycles. The molecule has 0 spiro atoms. The highest BCUT2D eigenvalue weighted by Crippen LogP contribution is 2.35. The van der Waals surface area contributed by atoms with Crippen molar-refractivity contribution in [1.29, 1.82) is 0 Å². The van der Waals surface area contributed by atoms with Crippen molar-refractivity contribution >= 4 is 17.5 Å². The van der Waals surface area contributed by atoms with Gasteiger partial charge in [-0.1, -0.05) is 0 Å². The second-order valence-corrected chi connectivity index (χ2v) is 4.63. The number of hydrogen-bond acceptors (Lipinski definition) is 7. The zero-order valence-corrected chi connectivity index (χ0v) is 13.4. The first-order valence-electron chi connectivity index (χ1n) is 6.60. The molecule has 0 saturated carbocycles. The predicted molar refractivity (Wildman–Crippen MR) is 80.7 cm³/mol. The third-order valence-corrected chi connectivity index (χ3v) is 2.97. The smallest absolute Gasteiger partial charge is 0.421 e. The fourth-order valence-corrected chi connectivity index (χ4v) is 1.87. The maximum Gasteiger partial charge on any atom is 0.421 e. The number of ether oxygens (including phenoxy) is 2. The van der Waals surface area contributed by atoms with E-state index >= 15 is 0 Å². The molecule has 7 nitrogen and oxygen atoms in total. The van der Waals surface area contributed by atoms with Crippen molar-refractivity contribution in [1.82, 2.24) is 15.5 Å². The van der Waals surface area contributed by atoms with Crippen molar-refractivity contribution < 1.29 is 27.8 Å². The van der Waals surface area contributed by atoms with Crippen LogP contribution in [0.15, 0.2) is 58.9 Å². The van der Waals surface area contributed by atoms with Gasteiger partial charge < -0.3 is 14.6 Å². The number of allylic oxidation sites excluding steroid dienone is 4. The van der Waals surface area contributed by atoms with Crippen molar-refractivity contribution in [2.24, 2.45) is 5.10 Å². The van der Waals surface area contributed by atoms with Gasteiger partial charge in [-0.2, -0.15) is 18.3 Å². The van der Waals surface area contributed by atoms with Crippen molar-refractivity contribution in [3.8, 4) is 5.88 Å². The zero-order valence-electron chi connectivity index (χ0n) is 12.6. The van der Waals surface area contributed by atoms with E-state index in [-0.39, 0.29) is 17.0 Å². The van der Waals surface area contributed by atoms with Gasteiger partial charge in [0.05, 0.1) is 11.7 Å². The average molecular weight is 376 g/mol. The molecule has 1 aromatic rings. The predicted octanol–water partition coefficient (Wildman–Crippen LogP) is 1.76. The van der Waals surface area contributed by atoms with E-state index in [1.165, 1.54) is 18.2 Å². The molecular formula is C14H11ClF3N4O3-. The Morgan fingerprint density at radius 1 is 1.36 bits per heavy atom. The third kappa shape index (κ3) is 4.64. The molecule has 0 aromatic carbocycles. The average Bonchev–Trinajstić information content (AvgIpc) is 2.59. The number of hydrogen-bond donors (Lipinski definition) is 2. The van der Waals surface area contributed by atoms with Crippen LogP contribution in [-0.2, 0) is 10.9 Å². The summed E-state index contributed by atoms with van der Waals surface area (Å²) in [7, 11) is 1.15. The molecule has 25 heavy (non-hydrogen) atoms. The molecule has 0 amide bonds. The Morgan fingerprint density at radius 2 is 2.12 bits per heavy atom. The quantitative estimate of drug-likeness (QED) is 0.463. The van der Waals surface area contributed by atoms with Crippen molar-refractivity contribution in [3.63, 3.8) is 0 Å². The minimum Gasteiger partial charge on any atom is -0.616 e. The van der Waals surface area contributed by atoms with Gasteiger partial charge in [0.15, 0.2) is 0 Å². The van der Waals surface area contributed by atoms with Gasteiger partial charge in [-0.3, -0.25) is 0 Å². The third-order valence-electron chi connectivity index (χ3n) is 2.88. The highest BCUT2D eigenvalue weighted by atomic mass is 35.5. The van der Waals surface area contributed by atoms with Gasteiger partial charge in [0.25, 0.3) is 0 Å². The van der Waals surface area contributed by atoms with Gasteiger partial charge in [-0.25, -0.2) is 10.5 Å². The Labute approximate surface area is 145 Å². The Kier molecular flexibility index (Phi) is 5.88. The first-order valence-corrected chi connectivity index (χ1v) is 6.98. The number of rotatable bonds is 5. The van der Waals surface area contributed by atoms with Crippen molar-refractivity contribution in [2.45, 2.75) is 6.18 Å². The number of nitrogens with one attached hydrogen (secondary N) is 2. The van der Waals surface area contributed by atoms with Crippen molar-refractivity contribution in [3.05, 3.63) is 59.4 Å². The molecule has 0 saturated heterocycles. The lowest BCUT2D eigenvalue weighted by Crippen LogP contribution is -2.22. The van der Waals surface area contributed by atoms with E-state index in [4.69, 9.17) is 16.5 Å². The number of nitrogens with zero attached hydrogens (tertiary/aromatic N) is 2. The number of halogens is 4. The van der Waals surface area contributed by atoms with Crippen molar-refractivity contribution in [2.75, 3.05) is 7.11 Å². The molecule has 2 rings (SSSR count). The van der Waals surface area contributed by atoms with Crippen LogP contribution in [0.3, 0.4) is 0 Å². The van der Waals surface area contributed by atoms with Crippen LogP contribution in [0, 0.1) is 0 Å². The summed E-state index contributed by atoms with van der Waals surface area (Å²) in [5.41, 5.74) is 1.24. The van der Waals surface area contributed by atoms with Crippen LogP contribution in [-0.4, -0.2) is 17.8 Å².